The summed E-state index contributed by atoms with van der Waals surface area (Å²) in [5.41, 5.74) is -1.61. The van der Waals surface area contributed by atoms with Crippen LogP contribution in [-0.4, -0.2) is 18.5 Å². The van der Waals surface area contributed by atoms with Crippen LogP contribution >= 0.6 is 8.58 Å². The third-order valence-electron chi connectivity index (χ3n) is 4.72. The summed E-state index contributed by atoms with van der Waals surface area (Å²) in [7, 11) is -0.155. The monoisotopic (exact) mass is 447 g/mol. The molecule has 2 aromatic carbocycles. The summed E-state index contributed by atoms with van der Waals surface area (Å²) in [4.78, 5) is 4.48. The van der Waals surface area contributed by atoms with Crippen LogP contribution in [0.4, 0.5) is 26.3 Å². The quantitative estimate of drug-likeness (QED) is 0.447. The van der Waals surface area contributed by atoms with Gasteiger partial charge < -0.3 is 4.74 Å². The van der Waals surface area contributed by atoms with Gasteiger partial charge in [0.1, 0.15) is 6.61 Å². The summed E-state index contributed by atoms with van der Waals surface area (Å²) in [5, 5.41) is 1.09. The minimum absolute atomic E-state index is 0.135. The van der Waals surface area contributed by atoms with Crippen LogP contribution in [0.25, 0.3) is 0 Å². The highest BCUT2D eigenvalue weighted by atomic mass is 31.1. The van der Waals surface area contributed by atoms with Gasteiger partial charge in [-0.25, -0.2) is 4.99 Å². The summed E-state index contributed by atoms with van der Waals surface area (Å²) >= 11 is 0. The molecule has 30 heavy (non-hydrogen) atoms. The molecule has 1 aliphatic heterocycles. The topological polar surface area (TPSA) is 21.6 Å². The van der Waals surface area contributed by atoms with Gasteiger partial charge in [0.25, 0.3) is 0 Å². The van der Waals surface area contributed by atoms with Crippen LogP contribution in [0, 0.1) is 5.41 Å². The van der Waals surface area contributed by atoms with E-state index in [-0.39, 0.29) is 38.1 Å². The number of hydrogen-bond donors (Lipinski definition) is 0. The van der Waals surface area contributed by atoms with Crippen molar-refractivity contribution in [3.8, 4) is 0 Å². The van der Waals surface area contributed by atoms with E-state index in [1.54, 1.807) is 0 Å². The summed E-state index contributed by atoms with van der Waals surface area (Å²) < 4.78 is 83.7. The third-order valence-corrected chi connectivity index (χ3v) is 6.05. The lowest BCUT2D eigenvalue weighted by molar-refractivity contribution is -0.138. The first-order valence-electron chi connectivity index (χ1n) is 9.11. The number of hydrogen-bond acceptors (Lipinski definition) is 2. The summed E-state index contributed by atoms with van der Waals surface area (Å²) in [6.45, 7) is 6.15. The van der Waals surface area contributed by atoms with Gasteiger partial charge in [0.2, 0.25) is 5.90 Å². The van der Waals surface area contributed by atoms with Crippen molar-refractivity contribution >= 4 is 25.1 Å². The molecule has 162 valence electrons. The Morgan fingerprint density at radius 2 is 1.43 bits per heavy atom. The lowest BCUT2D eigenvalue weighted by Crippen LogP contribution is -2.25. The number of nitrogens with zero attached hydrogens (tertiary/aromatic N) is 1. The van der Waals surface area contributed by atoms with Gasteiger partial charge in [-0.3, -0.25) is 0 Å². The largest absolute Gasteiger partial charge is 0.475 e. The molecule has 0 fully saturated rings. The first kappa shape index (κ1) is 22.6. The van der Waals surface area contributed by atoms with Gasteiger partial charge in [0, 0.05) is 5.56 Å². The smallest absolute Gasteiger partial charge is 0.416 e. The van der Waals surface area contributed by atoms with E-state index in [0.29, 0.717) is 10.6 Å². The predicted molar refractivity (Wildman–Crippen MR) is 106 cm³/mol. The van der Waals surface area contributed by atoms with Gasteiger partial charge in [-0.15, -0.1) is 0 Å². The lowest BCUT2D eigenvalue weighted by Gasteiger charge is -2.21. The Labute approximate surface area is 172 Å². The number of ether oxygens (including phenoxy) is 1. The number of aliphatic imine (C=N–C) groups is 1. The van der Waals surface area contributed by atoms with Gasteiger partial charge in [-0.2, -0.15) is 26.3 Å². The molecule has 0 aliphatic carbocycles. The molecule has 1 heterocycles. The molecule has 9 heteroatoms. The average molecular weight is 447 g/mol. The minimum atomic E-state index is -4.53. The summed E-state index contributed by atoms with van der Waals surface area (Å²) in [6.07, 6.45) is -8.98. The number of benzene rings is 2. The second-order valence-corrected chi connectivity index (χ2v) is 9.45. The first-order valence-corrected chi connectivity index (χ1v) is 10.1. The van der Waals surface area contributed by atoms with Crippen molar-refractivity contribution in [3.63, 3.8) is 0 Å². The van der Waals surface area contributed by atoms with Crippen LogP contribution in [0.2, 0.25) is 0 Å². The fraction of sp³-hybridized carbons (Fsp3) is 0.381. The standard InChI is InChI=1S/C21H20F6NOP/c1-19(2,3)17-11-29-18(28-17)15-10-13(21(25,26)27)6-9-16(15)30-14-7-4-12(5-8-14)20(22,23)24/h4-10,17,30H,11H2,1-3H3/t17-/m1/s1. The van der Waals surface area contributed by atoms with E-state index in [4.69, 9.17) is 4.74 Å². The van der Waals surface area contributed by atoms with E-state index in [0.717, 1.165) is 24.3 Å². The molecule has 0 aromatic heterocycles. The lowest BCUT2D eigenvalue weighted by atomic mass is 9.88. The fourth-order valence-corrected chi connectivity index (χ4v) is 3.99. The summed E-state index contributed by atoms with van der Waals surface area (Å²) in [6, 6.07) is 7.68. The van der Waals surface area contributed by atoms with E-state index in [2.05, 4.69) is 4.99 Å². The molecule has 0 spiro atoms. The maximum Gasteiger partial charge on any atom is 0.416 e. The van der Waals surface area contributed by atoms with Crippen LogP contribution in [0.5, 0.6) is 0 Å². The third kappa shape index (κ3) is 5.15. The van der Waals surface area contributed by atoms with Crippen LogP contribution in [0.15, 0.2) is 47.5 Å². The first-order chi connectivity index (χ1) is 13.7. The van der Waals surface area contributed by atoms with Gasteiger partial charge >= 0.3 is 12.4 Å². The van der Waals surface area contributed by atoms with Crippen molar-refractivity contribution in [3.05, 3.63) is 59.2 Å². The highest BCUT2D eigenvalue weighted by molar-refractivity contribution is 7.55. The van der Waals surface area contributed by atoms with Crippen molar-refractivity contribution < 1.29 is 31.1 Å². The van der Waals surface area contributed by atoms with Crippen molar-refractivity contribution in [2.45, 2.75) is 39.2 Å². The molecule has 0 amide bonds. The molecular weight excluding hydrogens is 427 g/mol. The van der Waals surface area contributed by atoms with Crippen LogP contribution in [-0.2, 0) is 17.1 Å². The molecular formula is C21H20F6NOP. The second kappa shape index (κ2) is 7.88. The molecule has 0 bridgehead atoms. The number of alkyl halides is 6. The molecule has 0 saturated carbocycles. The second-order valence-electron chi connectivity index (χ2n) is 8.09. The molecule has 1 aliphatic rings. The van der Waals surface area contributed by atoms with Gasteiger partial charge in [0.15, 0.2) is 0 Å². The molecule has 2 atom stereocenters. The molecule has 2 nitrogen and oxygen atoms in total. The molecule has 2 aromatic rings. The Morgan fingerprint density at radius 3 is 1.93 bits per heavy atom. The van der Waals surface area contributed by atoms with Crippen LogP contribution < -0.4 is 10.6 Å². The number of rotatable bonds is 3. The average Bonchev–Trinajstić information content (AvgIpc) is 3.11. The number of halogens is 6. The van der Waals surface area contributed by atoms with Crippen molar-refractivity contribution in [2.75, 3.05) is 6.61 Å². The van der Waals surface area contributed by atoms with Crippen LogP contribution in [0.3, 0.4) is 0 Å². The van der Waals surface area contributed by atoms with Gasteiger partial charge in [-0.05, 0) is 40.3 Å². The Morgan fingerprint density at radius 1 is 0.867 bits per heavy atom. The predicted octanol–water partition coefficient (Wildman–Crippen LogP) is 5.55. The maximum absolute atomic E-state index is 13.3. The van der Waals surface area contributed by atoms with Gasteiger partial charge in [0.05, 0.1) is 17.2 Å². The van der Waals surface area contributed by atoms with E-state index < -0.39 is 23.5 Å². The highest BCUT2D eigenvalue weighted by Gasteiger charge is 2.35. The molecule has 3 rings (SSSR count). The SMILES string of the molecule is CC(C)(C)[C@H]1COC(c2cc(C(F)(F)F)ccc2Pc2ccc(C(F)(F)F)cc2)=N1. The van der Waals surface area contributed by atoms with E-state index >= 15 is 0 Å². The minimum Gasteiger partial charge on any atom is -0.475 e. The molecule has 0 radical (unpaired) electrons. The van der Waals surface area contributed by atoms with E-state index in [9.17, 15) is 26.3 Å². The van der Waals surface area contributed by atoms with Crippen molar-refractivity contribution in [1.82, 2.24) is 0 Å². The Kier molecular flexibility index (Phi) is 5.93. The summed E-state index contributed by atoms with van der Waals surface area (Å²) in [5.74, 6) is 0.135. The Bertz CT molecular complexity index is 942. The van der Waals surface area contributed by atoms with Crippen molar-refractivity contribution in [2.24, 2.45) is 10.4 Å². The van der Waals surface area contributed by atoms with Crippen molar-refractivity contribution in [1.29, 1.82) is 0 Å². The fourth-order valence-electron chi connectivity index (χ4n) is 2.87. The zero-order valence-corrected chi connectivity index (χ0v) is 17.4. The zero-order valence-electron chi connectivity index (χ0n) is 16.4. The molecule has 0 saturated heterocycles. The highest BCUT2D eigenvalue weighted by Crippen LogP contribution is 2.33. The normalized spacial score (nSPS) is 18.0. The zero-order chi connectivity index (χ0) is 22.3. The van der Waals surface area contributed by atoms with Crippen LogP contribution in [0.1, 0.15) is 37.5 Å². The van der Waals surface area contributed by atoms with E-state index in [1.165, 1.54) is 18.2 Å². The maximum atomic E-state index is 13.3. The van der Waals surface area contributed by atoms with Gasteiger partial charge in [-0.1, -0.05) is 47.6 Å². The molecule has 0 N–H and O–H groups in total. The molecule has 1 unspecified atom stereocenters. The Balaban J connectivity index is 1.98. The Hall–Kier alpha value is -2.08. The van der Waals surface area contributed by atoms with E-state index in [1.807, 2.05) is 20.8 Å².